The van der Waals surface area contributed by atoms with Crippen LogP contribution in [0.3, 0.4) is 0 Å². The maximum atomic E-state index is 12.6. The van der Waals surface area contributed by atoms with Gasteiger partial charge in [-0.2, -0.15) is 0 Å². The number of rotatable bonds is 10. The zero-order valence-electron chi connectivity index (χ0n) is 16.8. The Bertz CT molecular complexity index is 804. The maximum Gasteiger partial charge on any atom is 0.356 e. The summed E-state index contributed by atoms with van der Waals surface area (Å²) in [6.45, 7) is 6.71. The summed E-state index contributed by atoms with van der Waals surface area (Å²) in [4.78, 5) is 39.8. The fourth-order valence-corrected chi connectivity index (χ4v) is 3.80. The number of amides is 2. The van der Waals surface area contributed by atoms with Gasteiger partial charge in [0.25, 0.3) is 0 Å². The molecule has 1 saturated heterocycles. The number of ether oxygens (including phenoxy) is 1. The topological polar surface area (TPSA) is 99.2 Å². The summed E-state index contributed by atoms with van der Waals surface area (Å²) < 4.78 is 5.85. The number of β-lactam (4-membered cyclic amide) rings is 1. The van der Waals surface area contributed by atoms with Crippen LogP contribution in [-0.2, 0) is 25.5 Å². The molecule has 1 fully saturated rings. The van der Waals surface area contributed by atoms with E-state index in [-0.39, 0.29) is 42.7 Å². The van der Waals surface area contributed by atoms with Gasteiger partial charge in [-0.15, -0.1) is 0 Å². The number of carboxylic acids is 1. The molecule has 29 heavy (non-hydrogen) atoms. The van der Waals surface area contributed by atoms with Crippen LogP contribution in [-0.4, -0.2) is 71.0 Å². The molecule has 0 aliphatic carbocycles. The lowest BCUT2D eigenvalue weighted by Gasteiger charge is -2.37. The van der Waals surface area contributed by atoms with Gasteiger partial charge >= 0.3 is 5.97 Å². The molecule has 2 amide bonds. The first-order chi connectivity index (χ1) is 14.0. The van der Waals surface area contributed by atoms with Crippen molar-refractivity contribution in [1.82, 2.24) is 15.1 Å². The molecule has 1 aromatic carbocycles. The van der Waals surface area contributed by atoms with Gasteiger partial charge in [0, 0.05) is 6.54 Å². The third kappa shape index (κ3) is 4.42. The van der Waals surface area contributed by atoms with Crippen molar-refractivity contribution in [2.24, 2.45) is 0 Å². The average Bonchev–Trinajstić information content (AvgIpc) is 2.94. The summed E-state index contributed by atoms with van der Waals surface area (Å²) in [5.74, 6) is -1.56. The van der Waals surface area contributed by atoms with Crippen molar-refractivity contribution < 1.29 is 24.2 Å². The number of aliphatic carboxylic acids is 1. The Labute approximate surface area is 170 Å². The van der Waals surface area contributed by atoms with Gasteiger partial charge in [-0.05, 0) is 18.7 Å². The lowest BCUT2D eigenvalue weighted by atomic mass is 9.97. The van der Waals surface area contributed by atoms with Crippen LogP contribution in [0, 0.1) is 0 Å². The van der Waals surface area contributed by atoms with Crippen LogP contribution in [0.15, 0.2) is 41.8 Å². The van der Waals surface area contributed by atoms with Gasteiger partial charge in [-0.25, -0.2) is 4.79 Å². The lowest BCUT2D eigenvalue weighted by molar-refractivity contribution is -0.148. The zero-order chi connectivity index (χ0) is 21.0. The van der Waals surface area contributed by atoms with E-state index in [9.17, 15) is 19.5 Å². The Morgan fingerprint density at radius 3 is 2.52 bits per heavy atom. The second kappa shape index (κ2) is 9.09. The van der Waals surface area contributed by atoms with E-state index < -0.39 is 18.1 Å². The number of hydrogen-bond donors (Lipinski definition) is 2. The number of nitrogens with zero attached hydrogens (tertiary/aromatic N) is 2. The van der Waals surface area contributed by atoms with Crippen LogP contribution in [0.1, 0.15) is 25.8 Å². The minimum absolute atomic E-state index is 0.157. The molecule has 0 radical (unpaired) electrons. The number of likely N-dealkylation sites (N-methyl/N-ethyl adjacent to an activating group) is 1. The normalized spacial score (nSPS) is 20.5. The van der Waals surface area contributed by atoms with E-state index >= 15 is 0 Å². The molecule has 2 N–H and O–H groups in total. The molecule has 1 aromatic rings. The molecule has 8 heteroatoms. The number of carboxylic acid groups (broad SMARTS) is 1. The summed E-state index contributed by atoms with van der Waals surface area (Å²) >= 11 is 0. The van der Waals surface area contributed by atoms with Crippen molar-refractivity contribution in [2.45, 2.75) is 38.8 Å². The van der Waals surface area contributed by atoms with Crippen molar-refractivity contribution >= 4 is 17.8 Å². The summed E-state index contributed by atoms with van der Waals surface area (Å²) in [7, 11) is 0. The van der Waals surface area contributed by atoms with Gasteiger partial charge < -0.3 is 20.1 Å². The molecular weight excluding hydrogens is 374 g/mol. The third-order valence-corrected chi connectivity index (χ3v) is 5.41. The summed E-state index contributed by atoms with van der Waals surface area (Å²) in [6.07, 6.45) is 0.364. The highest BCUT2D eigenvalue weighted by Crippen LogP contribution is 2.39. The Balaban J connectivity index is 1.75. The molecule has 8 nitrogen and oxygen atoms in total. The van der Waals surface area contributed by atoms with Crippen LogP contribution in [0.25, 0.3) is 0 Å². The first-order valence-electron chi connectivity index (χ1n) is 9.94. The van der Waals surface area contributed by atoms with Crippen LogP contribution in [0.5, 0.6) is 0 Å². The van der Waals surface area contributed by atoms with E-state index in [1.54, 1.807) is 0 Å². The minimum atomic E-state index is -1.22. The Hall–Kier alpha value is -2.87. The SMILES string of the molecule is CCN(CC)CCOC1=C(C(=O)O)N2C(=O)CC2C1NC(=O)Cc1ccccc1. The number of fused-ring (bicyclic) bond motifs is 1. The third-order valence-electron chi connectivity index (χ3n) is 5.41. The quantitative estimate of drug-likeness (QED) is 0.567. The predicted octanol–water partition coefficient (Wildman–Crippen LogP) is 0.983. The summed E-state index contributed by atoms with van der Waals surface area (Å²) in [5, 5.41) is 12.5. The first-order valence-corrected chi connectivity index (χ1v) is 9.94. The highest BCUT2D eigenvalue weighted by molar-refractivity contribution is 5.99. The van der Waals surface area contributed by atoms with Gasteiger partial charge in [-0.1, -0.05) is 44.2 Å². The van der Waals surface area contributed by atoms with Crippen LogP contribution >= 0.6 is 0 Å². The maximum absolute atomic E-state index is 12.6. The molecule has 2 unspecified atom stereocenters. The van der Waals surface area contributed by atoms with Crippen LogP contribution in [0.4, 0.5) is 0 Å². The fourth-order valence-electron chi connectivity index (χ4n) is 3.80. The molecule has 2 heterocycles. The number of nitrogens with one attached hydrogen (secondary N) is 1. The van der Waals surface area contributed by atoms with Gasteiger partial charge in [0.15, 0.2) is 11.5 Å². The Morgan fingerprint density at radius 2 is 1.93 bits per heavy atom. The molecule has 2 aliphatic heterocycles. The average molecular weight is 401 g/mol. The first kappa shape index (κ1) is 20.9. The van der Waals surface area contributed by atoms with Crippen LogP contribution in [0.2, 0.25) is 0 Å². The van der Waals surface area contributed by atoms with Crippen LogP contribution < -0.4 is 5.32 Å². The van der Waals surface area contributed by atoms with Crippen molar-refractivity contribution in [1.29, 1.82) is 0 Å². The van der Waals surface area contributed by atoms with E-state index in [2.05, 4.69) is 10.2 Å². The molecule has 2 aliphatic rings. The molecular formula is C21H27N3O5. The van der Waals surface area contributed by atoms with Gasteiger partial charge in [-0.3, -0.25) is 14.5 Å². The second-order valence-corrected chi connectivity index (χ2v) is 7.14. The second-order valence-electron chi connectivity index (χ2n) is 7.14. The predicted molar refractivity (Wildman–Crippen MR) is 106 cm³/mol. The monoisotopic (exact) mass is 401 g/mol. The molecule has 3 rings (SSSR count). The van der Waals surface area contributed by atoms with Crippen molar-refractivity contribution in [3.8, 4) is 0 Å². The van der Waals surface area contributed by atoms with E-state index in [0.717, 1.165) is 18.7 Å². The highest BCUT2D eigenvalue weighted by atomic mass is 16.5. The van der Waals surface area contributed by atoms with E-state index in [4.69, 9.17) is 4.74 Å². The standard InChI is InChI=1S/C21H27N3O5/c1-3-23(4-2)10-11-29-20-18(15-13-17(26)24(15)19(20)21(27)28)22-16(25)12-14-8-6-5-7-9-14/h5-9,15,18H,3-4,10-13H2,1-2H3,(H,22,25)(H,27,28). The number of hydrogen-bond acceptors (Lipinski definition) is 5. The van der Waals surface area contributed by atoms with Crippen molar-refractivity contribution in [2.75, 3.05) is 26.2 Å². The largest absolute Gasteiger partial charge is 0.492 e. The van der Waals surface area contributed by atoms with Crippen molar-refractivity contribution in [3.63, 3.8) is 0 Å². The number of benzene rings is 1. The van der Waals surface area contributed by atoms with E-state index in [0.29, 0.717) is 6.54 Å². The Morgan fingerprint density at radius 1 is 1.24 bits per heavy atom. The van der Waals surface area contributed by atoms with Gasteiger partial charge in [0.1, 0.15) is 12.6 Å². The number of carbonyl (C=O) groups is 3. The minimum Gasteiger partial charge on any atom is -0.492 e. The summed E-state index contributed by atoms with van der Waals surface area (Å²) in [5.41, 5.74) is 0.701. The molecule has 0 saturated carbocycles. The molecule has 0 spiro atoms. The lowest BCUT2D eigenvalue weighted by Crippen LogP contribution is -2.58. The van der Waals surface area contributed by atoms with Gasteiger partial charge in [0.2, 0.25) is 11.8 Å². The fraction of sp³-hybridized carbons (Fsp3) is 0.476. The molecule has 0 bridgehead atoms. The Kier molecular flexibility index (Phi) is 6.53. The zero-order valence-corrected chi connectivity index (χ0v) is 16.8. The molecule has 2 atom stereocenters. The number of carbonyl (C=O) groups excluding carboxylic acids is 2. The van der Waals surface area contributed by atoms with Crippen molar-refractivity contribution in [3.05, 3.63) is 47.4 Å². The van der Waals surface area contributed by atoms with E-state index in [1.807, 2.05) is 44.2 Å². The van der Waals surface area contributed by atoms with E-state index in [1.165, 1.54) is 4.90 Å². The smallest absolute Gasteiger partial charge is 0.356 e. The summed E-state index contributed by atoms with van der Waals surface area (Å²) in [6, 6.07) is 8.24. The molecule has 0 aromatic heterocycles. The van der Waals surface area contributed by atoms with Gasteiger partial charge in [0.05, 0.1) is 18.9 Å². The highest BCUT2D eigenvalue weighted by Gasteiger charge is 2.55. The molecule has 156 valence electrons.